The van der Waals surface area contributed by atoms with Crippen molar-refractivity contribution in [3.63, 3.8) is 0 Å². The second-order valence-corrected chi connectivity index (χ2v) is 0.838. The van der Waals surface area contributed by atoms with Crippen molar-refractivity contribution in [2.45, 2.75) is 0 Å². The minimum Gasteiger partial charge on any atom is -0.490 e. The molecule has 0 saturated heterocycles. The highest BCUT2D eigenvalue weighted by atomic mass is 16.4. The lowest BCUT2D eigenvalue weighted by Crippen LogP contribution is -1.89. The van der Waals surface area contributed by atoms with Crippen molar-refractivity contribution in [3.05, 3.63) is 0 Å². The van der Waals surface area contributed by atoms with Crippen LogP contribution < -0.4 is 5.32 Å². The van der Waals surface area contributed by atoms with E-state index >= 15 is 0 Å². The molecule has 40 valence electrons. The molecule has 0 aromatic heterocycles. The first-order valence-corrected chi connectivity index (χ1v) is 1.72. The molecule has 0 fully saturated rings. The summed E-state index contributed by atoms with van der Waals surface area (Å²) in [5.41, 5.74) is 0. The van der Waals surface area contributed by atoms with Crippen LogP contribution in [0, 0.1) is 0 Å². The molecule has 2 N–H and O–H groups in total. The van der Waals surface area contributed by atoms with E-state index < -0.39 is 5.87 Å². The third-order valence-corrected chi connectivity index (χ3v) is 0. The van der Waals surface area contributed by atoms with E-state index in [0.717, 1.165) is 0 Å². The maximum atomic E-state index is 8.78. The number of carbonyl (C=O) groups is 1. The Morgan fingerprint density at radius 1 is 1.71 bits per heavy atom. The van der Waals surface area contributed by atoms with Crippen LogP contribution in [0.2, 0.25) is 0 Å². The highest BCUT2D eigenvalue weighted by molar-refractivity contribution is 6.54. The first-order valence-electron chi connectivity index (χ1n) is 1.72. The molecule has 3 nitrogen and oxygen atoms in total. The topological polar surface area (TPSA) is 49.3 Å². The van der Waals surface area contributed by atoms with Gasteiger partial charge in [0.25, 0.3) is 0 Å². The second kappa shape index (κ2) is 9.09. The average molecular weight is 101 g/mol. The maximum Gasteiger partial charge on any atom is 0.233 e. The Labute approximate surface area is 44.1 Å². The predicted molar refractivity (Wildman–Crippen MR) is 28.8 cm³/mol. The first-order chi connectivity index (χ1) is 3.15. The van der Waals surface area contributed by atoms with Gasteiger partial charge in [-0.25, -0.2) is 0 Å². The molecule has 0 aliphatic heterocycles. The minimum atomic E-state index is -1.33. The summed E-state index contributed by atoms with van der Waals surface area (Å²) in [6.07, 6.45) is 0. The van der Waals surface area contributed by atoms with Gasteiger partial charge in [0.05, 0.1) is 0 Å². The van der Waals surface area contributed by atoms with E-state index in [-0.39, 0.29) is 0 Å². The van der Waals surface area contributed by atoms with Gasteiger partial charge in [0, 0.05) is 0 Å². The molecule has 0 bridgehead atoms. The van der Waals surface area contributed by atoms with E-state index in [1.54, 1.807) is 0 Å². The Bertz CT molecular complexity index is 44.2. The van der Waals surface area contributed by atoms with Crippen molar-refractivity contribution in [1.29, 1.82) is 0 Å². The van der Waals surface area contributed by atoms with Crippen molar-refractivity contribution >= 4 is 13.7 Å². The van der Waals surface area contributed by atoms with Crippen LogP contribution in [0.5, 0.6) is 0 Å². The summed E-state index contributed by atoms with van der Waals surface area (Å²) in [7, 11) is 7.78. The molecule has 0 rings (SSSR count). The van der Waals surface area contributed by atoms with Gasteiger partial charge >= 0.3 is 0 Å². The molecule has 0 aliphatic carbocycles. The molecule has 0 aromatic carbocycles. The molecule has 0 aromatic rings. The fraction of sp³-hybridized carbons (Fsp3) is 0.667. The maximum absolute atomic E-state index is 8.78. The summed E-state index contributed by atoms with van der Waals surface area (Å²) >= 11 is 0. The summed E-state index contributed by atoms with van der Waals surface area (Å²) in [6.45, 7) is 0. The molecule has 2 radical (unpaired) electrons. The molecular formula is C3H8BNO2. The number of hydrogen-bond donors (Lipinski definition) is 2. The lowest BCUT2D eigenvalue weighted by Gasteiger charge is -1.59. The monoisotopic (exact) mass is 101 g/mol. The van der Waals surface area contributed by atoms with Crippen LogP contribution in [0.25, 0.3) is 0 Å². The third-order valence-electron chi connectivity index (χ3n) is 0. The van der Waals surface area contributed by atoms with E-state index in [9.17, 15) is 0 Å². The smallest absolute Gasteiger partial charge is 0.233 e. The summed E-state index contributed by atoms with van der Waals surface area (Å²) in [6, 6.07) is 0. The van der Waals surface area contributed by atoms with Gasteiger partial charge in [0.1, 0.15) is 0 Å². The Morgan fingerprint density at radius 2 is 1.71 bits per heavy atom. The fourth-order valence-electron chi connectivity index (χ4n) is 0. The molecule has 0 atom stereocenters. The molecule has 0 saturated carbocycles. The lowest BCUT2D eigenvalue weighted by molar-refractivity contribution is 0.220. The van der Waals surface area contributed by atoms with E-state index in [1.807, 2.05) is 14.1 Å². The number of carboxylic acid groups (broad SMARTS) is 1. The predicted octanol–water partition coefficient (Wildman–Crippen LogP) is -0.332. The highest BCUT2D eigenvalue weighted by Gasteiger charge is 1.66. The van der Waals surface area contributed by atoms with Crippen LogP contribution >= 0.6 is 0 Å². The largest absolute Gasteiger partial charge is 0.490 e. The van der Waals surface area contributed by atoms with Crippen LogP contribution in [0.15, 0.2) is 0 Å². The van der Waals surface area contributed by atoms with Crippen LogP contribution in [0.4, 0.5) is 4.79 Å². The zero-order valence-electron chi connectivity index (χ0n) is 4.43. The SMILES string of the molecule is CNC.[B]C(=O)O. The Balaban J connectivity index is 0. The number of nitrogens with one attached hydrogen (secondary N) is 1. The summed E-state index contributed by atoms with van der Waals surface area (Å²) in [5, 5.41) is 9.94. The van der Waals surface area contributed by atoms with E-state index in [1.165, 1.54) is 0 Å². The molecule has 0 aliphatic rings. The Hall–Kier alpha value is -0.505. The number of hydrogen-bond acceptors (Lipinski definition) is 2. The van der Waals surface area contributed by atoms with Crippen molar-refractivity contribution in [3.8, 4) is 0 Å². The van der Waals surface area contributed by atoms with E-state index in [2.05, 4.69) is 13.2 Å². The van der Waals surface area contributed by atoms with Crippen LogP contribution in [-0.2, 0) is 0 Å². The first kappa shape index (κ1) is 9.71. The van der Waals surface area contributed by atoms with Gasteiger partial charge in [-0.05, 0) is 14.1 Å². The van der Waals surface area contributed by atoms with Crippen LogP contribution in [0.3, 0.4) is 0 Å². The normalized spacial score (nSPS) is 6.00. The van der Waals surface area contributed by atoms with Crippen LogP contribution in [-0.4, -0.2) is 32.9 Å². The second-order valence-electron chi connectivity index (χ2n) is 0.838. The lowest BCUT2D eigenvalue weighted by atomic mass is 10.2. The van der Waals surface area contributed by atoms with Crippen molar-refractivity contribution < 1.29 is 9.90 Å². The molecular weight excluding hydrogens is 92.8 g/mol. The van der Waals surface area contributed by atoms with Gasteiger partial charge in [0.15, 0.2) is 0 Å². The van der Waals surface area contributed by atoms with E-state index in [4.69, 9.17) is 9.90 Å². The molecule has 0 unspecified atom stereocenters. The molecule has 0 spiro atoms. The van der Waals surface area contributed by atoms with Gasteiger partial charge in [-0.2, -0.15) is 0 Å². The minimum absolute atomic E-state index is 1.33. The zero-order valence-corrected chi connectivity index (χ0v) is 4.43. The van der Waals surface area contributed by atoms with Crippen molar-refractivity contribution in [2.75, 3.05) is 14.1 Å². The standard InChI is InChI=1S/C2H7N.CHBO2/c1-3-2;2-1(3)4/h3H,1-2H3;(H,3,4). The van der Waals surface area contributed by atoms with Gasteiger partial charge in [0.2, 0.25) is 13.7 Å². The Morgan fingerprint density at radius 3 is 1.71 bits per heavy atom. The van der Waals surface area contributed by atoms with Gasteiger partial charge in [-0.3, -0.25) is 4.79 Å². The molecule has 4 heteroatoms. The summed E-state index contributed by atoms with van der Waals surface area (Å²) in [4.78, 5) is 8.78. The third kappa shape index (κ3) is 263. The average Bonchev–Trinajstić information content (AvgIpc) is 1.33. The zero-order chi connectivity index (χ0) is 6.28. The van der Waals surface area contributed by atoms with Crippen molar-refractivity contribution in [1.82, 2.24) is 5.32 Å². The summed E-state index contributed by atoms with van der Waals surface area (Å²) in [5.74, 6) is -1.33. The van der Waals surface area contributed by atoms with Gasteiger partial charge < -0.3 is 10.4 Å². The molecule has 7 heavy (non-hydrogen) atoms. The molecule has 0 heterocycles. The summed E-state index contributed by atoms with van der Waals surface area (Å²) < 4.78 is 0. The number of rotatable bonds is 0. The van der Waals surface area contributed by atoms with Crippen LogP contribution in [0.1, 0.15) is 0 Å². The quantitative estimate of drug-likeness (QED) is 0.410. The van der Waals surface area contributed by atoms with Gasteiger partial charge in [-0.1, -0.05) is 0 Å². The highest BCUT2D eigenvalue weighted by Crippen LogP contribution is 1.41. The Kier molecular flexibility index (Phi) is 12.6. The van der Waals surface area contributed by atoms with E-state index in [0.29, 0.717) is 0 Å². The molecule has 0 amide bonds. The fourth-order valence-corrected chi connectivity index (χ4v) is 0. The van der Waals surface area contributed by atoms with Crippen molar-refractivity contribution in [2.24, 2.45) is 0 Å². The van der Waals surface area contributed by atoms with Gasteiger partial charge in [-0.15, -0.1) is 0 Å².